The van der Waals surface area contributed by atoms with Crippen LogP contribution in [0, 0.1) is 0 Å². The molecule has 7 heteroatoms. The minimum absolute atomic E-state index is 0.504. The number of benzene rings is 1. The molecule has 1 saturated heterocycles. The van der Waals surface area contributed by atoms with Crippen molar-refractivity contribution in [1.82, 2.24) is 15.2 Å². The van der Waals surface area contributed by atoms with Crippen molar-refractivity contribution >= 4 is 5.70 Å². The Hall–Kier alpha value is -2.61. The maximum atomic E-state index is 6.09. The van der Waals surface area contributed by atoms with E-state index in [1.165, 1.54) is 0 Å². The fourth-order valence-electron chi connectivity index (χ4n) is 3.53. The molecule has 0 aliphatic carbocycles. The van der Waals surface area contributed by atoms with E-state index in [1.807, 2.05) is 36.4 Å². The molecule has 1 fully saturated rings. The van der Waals surface area contributed by atoms with Crippen LogP contribution in [0.25, 0.3) is 5.70 Å². The molecule has 1 aliphatic heterocycles. The van der Waals surface area contributed by atoms with Crippen LogP contribution < -0.4 is 20.5 Å². The topological polar surface area (TPSA) is 81.9 Å². The summed E-state index contributed by atoms with van der Waals surface area (Å²) < 4.78 is 16.9. The van der Waals surface area contributed by atoms with Crippen molar-refractivity contribution < 1.29 is 14.2 Å². The van der Waals surface area contributed by atoms with Gasteiger partial charge in [0.2, 0.25) is 5.88 Å². The molecule has 3 rings (SSSR count). The molecular weight excluding hydrogens is 404 g/mol. The van der Waals surface area contributed by atoms with Crippen molar-refractivity contribution in [2.24, 2.45) is 5.73 Å². The SMILES string of the molecule is CCCC=C(N)c1ccc(Oc2ccc(CNCCCN3CCOCC3)cc2OC)nc1. The Bertz CT molecular complexity index is 849. The molecule has 3 N–H and O–H groups in total. The molecule has 0 atom stereocenters. The summed E-state index contributed by atoms with van der Waals surface area (Å²) in [5.74, 6) is 1.83. The molecule has 7 nitrogen and oxygen atoms in total. The lowest BCUT2D eigenvalue weighted by atomic mass is 10.2. The van der Waals surface area contributed by atoms with Crippen LogP contribution >= 0.6 is 0 Å². The number of methoxy groups -OCH3 is 1. The number of hydrogen-bond donors (Lipinski definition) is 2. The number of morpholine rings is 1. The third-order valence-electron chi connectivity index (χ3n) is 5.43. The summed E-state index contributed by atoms with van der Waals surface area (Å²) in [5.41, 5.74) is 8.88. The average molecular weight is 441 g/mol. The van der Waals surface area contributed by atoms with Gasteiger partial charge in [-0.2, -0.15) is 0 Å². The zero-order valence-corrected chi connectivity index (χ0v) is 19.3. The second kappa shape index (κ2) is 13.1. The third-order valence-corrected chi connectivity index (χ3v) is 5.43. The molecule has 32 heavy (non-hydrogen) atoms. The van der Waals surface area contributed by atoms with Crippen molar-refractivity contribution in [2.45, 2.75) is 32.7 Å². The molecule has 0 amide bonds. The van der Waals surface area contributed by atoms with Crippen molar-refractivity contribution in [3.8, 4) is 17.4 Å². The quantitative estimate of drug-likeness (QED) is 0.486. The van der Waals surface area contributed by atoms with Gasteiger partial charge in [0.1, 0.15) is 0 Å². The first-order valence-corrected chi connectivity index (χ1v) is 11.5. The van der Waals surface area contributed by atoms with Crippen molar-refractivity contribution in [1.29, 1.82) is 0 Å². The van der Waals surface area contributed by atoms with Crippen LogP contribution in [-0.4, -0.2) is 56.4 Å². The van der Waals surface area contributed by atoms with Crippen LogP contribution in [0.1, 0.15) is 37.3 Å². The van der Waals surface area contributed by atoms with Gasteiger partial charge in [-0.3, -0.25) is 4.90 Å². The predicted octanol–water partition coefficient (Wildman–Crippen LogP) is 3.79. The molecule has 1 aromatic heterocycles. The summed E-state index contributed by atoms with van der Waals surface area (Å²) in [5, 5.41) is 3.51. The number of allylic oxidation sites excluding steroid dienone is 1. The number of hydrogen-bond acceptors (Lipinski definition) is 7. The van der Waals surface area contributed by atoms with E-state index in [0.29, 0.717) is 17.4 Å². The monoisotopic (exact) mass is 440 g/mol. The highest BCUT2D eigenvalue weighted by atomic mass is 16.5. The minimum atomic E-state index is 0.504. The molecule has 0 unspecified atom stereocenters. The molecule has 2 heterocycles. The Morgan fingerprint density at radius 2 is 2.06 bits per heavy atom. The van der Waals surface area contributed by atoms with E-state index in [-0.39, 0.29) is 0 Å². The second-order valence-electron chi connectivity index (χ2n) is 7.90. The van der Waals surface area contributed by atoms with Crippen LogP contribution in [0.4, 0.5) is 0 Å². The highest BCUT2D eigenvalue weighted by molar-refractivity contribution is 5.62. The van der Waals surface area contributed by atoms with E-state index >= 15 is 0 Å². The van der Waals surface area contributed by atoms with Gasteiger partial charge in [0.15, 0.2) is 11.5 Å². The highest BCUT2D eigenvalue weighted by Gasteiger charge is 2.10. The van der Waals surface area contributed by atoms with Crippen LogP contribution in [0.15, 0.2) is 42.6 Å². The first-order chi connectivity index (χ1) is 15.7. The highest BCUT2D eigenvalue weighted by Crippen LogP contribution is 2.31. The van der Waals surface area contributed by atoms with Gasteiger partial charge < -0.3 is 25.3 Å². The zero-order chi connectivity index (χ0) is 22.6. The number of aromatic nitrogens is 1. The number of rotatable bonds is 12. The predicted molar refractivity (Wildman–Crippen MR) is 128 cm³/mol. The lowest BCUT2D eigenvalue weighted by Crippen LogP contribution is -2.37. The maximum absolute atomic E-state index is 6.09. The van der Waals surface area contributed by atoms with Crippen molar-refractivity contribution in [2.75, 3.05) is 46.5 Å². The van der Waals surface area contributed by atoms with Gasteiger partial charge in [-0.05, 0) is 49.7 Å². The van der Waals surface area contributed by atoms with Crippen LogP contribution in [-0.2, 0) is 11.3 Å². The summed E-state index contributed by atoms with van der Waals surface area (Å²) in [6.07, 6.45) is 6.90. The molecule has 0 radical (unpaired) electrons. The molecular formula is C25H36N4O3. The van der Waals surface area contributed by atoms with Gasteiger partial charge in [-0.1, -0.05) is 25.5 Å². The van der Waals surface area contributed by atoms with E-state index in [9.17, 15) is 0 Å². The summed E-state index contributed by atoms with van der Waals surface area (Å²) in [6, 6.07) is 9.72. The van der Waals surface area contributed by atoms with Crippen molar-refractivity contribution in [3.05, 3.63) is 53.7 Å². The summed E-state index contributed by atoms with van der Waals surface area (Å²) in [4.78, 5) is 6.84. The summed E-state index contributed by atoms with van der Waals surface area (Å²) >= 11 is 0. The van der Waals surface area contributed by atoms with E-state index < -0.39 is 0 Å². The van der Waals surface area contributed by atoms with Crippen LogP contribution in [0.3, 0.4) is 0 Å². The number of unbranched alkanes of at least 4 members (excludes halogenated alkanes) is 1. The van der Waals surface area contributed by atoms with Crippen LogP contribution in [0.2, 0.25) is 0 Å². The van der Waals surface area contributed by atoms with E-state index in [1.54, 1.807) is 13.3 Å². The molecule has 174 valence electrons. The number of ether oxygens (including phenoxy) is 3. The lowest BCUT2D eigenvalue weighted by Gasteiger charge is -2.26. The zero-order valence-electron chi connectivity index (χ0n) is 19.3. The molecule has 1 aliphatic rings. The smallest absolute Gasteiger partial charge is 0.219 e. The Morgan fingerprint density at radius 3 is 2.78 bits per heavy atom. The normalized spacial score (nSPS) is 15.0. The summed E-state index contributed by atoms with van der Waals surface area (Å²) in [6.45, 7) is 8.79. The molecule has 0 spiro atoms. The van der Waals surface area contributed by atoms with E-state index in [0.717, 1.165) is 82.0 Å². The van der Waals surface area contributed by atoms with E-state index in [2.05, 4.69) is 22.1 Å². The van der Waals surface area contributed by atoms with Crippen molar-refractivity contribution in [3.63, 3.8) is 0 Å². The molecule has 0 saturated carbocycles. The number of nitrogens with one attached hydrogen (secondary N) is 1. The maximum Gasteiger partial charge on any atom is 0.219 e. The van der Waals surface area contributed by atoms with Gasteiger partial charge in [0.25, 0.3) is 0 Å². The van der Waals surface area contributed by atoms with E-state index in [4.69, 9.17) is 19.9 Å². The third kappa shape index (κ3) is 7.51. The first kappa shape index (κ1) is 24.0. The fraction of sp³-hybridized carbons (Fsp3) is 0.480. The molecule has 0 bridgehead atoms. The van der Waals surface area contributed by atoms with Gasteiger partial charge in [-0.25, -0.2) is 4.98 Å². The van der Waals surface area contributed by atoms with Crippen LogP contribution in [0.5, 0.6) is 17.4 Å². The van der Waals surface area contributed by atoms with Gasteiger partial charge in [0.05, 0.1) is 20.3 Å². The lowest BCUT2D eigenvalue weighted by molar-refractivity contribution is 0.0374. The molecule has 2 aromatic rings. The minimum Gasteiger partial charge on any atom is -0.493 e. The molecule has 1 aromatic carbocycles. The Morgan fingerprint density at radius 1 is 1.22 bits per heavy atom. The van der Waals surface area contributed by atoms with Gasteiger partial charge in [-0.15, -0.1) is 0 Å². The summed E-state index contributed by atoms with van der Waals surface area (Å²) in [7, 11) is 1.65. The number of pyridine rings is 1. The first-order valence-electron chi connectivity index (χ1n) is 11.5. The van der Waals surface area contributed by atoms with Gasteiger partial charge in [0, 0.05) is 43.2 Å². The largest absolute Gasteiger partial charge is 0.493 e. The number of nitrogens with zero attached hydrogens (tertiary/aromatic N) is 2. The second-order valence-corrected chi connectivity index (χ2v) is 7.90. The fourth-order valence-corrected chi connectivity index (χ4v) is 3.53. The average Bonchev–Trinajstić information content (AvgIpc) is 2.84. The Kier molecular flexibility index (Phi) is 9.81. The Labute approximate surface area is 191 Å². The van der Waals surface area contributed by atoms with Gasteiger partial charge >= 0.3 is 0 Å². The Balaban J connectivity index is 1.49. The number of nitrogens with two attached hydrogens (primary N) is 1. The standard InChI is InChI=1S/C25H36N4O3/c1-3-4-6-22(26)21-8-10-25(28-19-21)32-23-9-7-20(17-24(23)30-2)18-27-11-5-12-29-13-15-31-16-14-29/h6-10,17,19,27H,3-5,11-16,18,26H2,1-2H3.